The number of hydrogen-bond donors (Lipinski definition) is 1. The SMILES string of the molecule is CC(CNC(=O)Cn1cnc2ccccc2c1=O)c1ccccc1. The zero-order chi connectivity index (χ0) is 16.9. The first-order valence-electron chi connectivity index (χ1n) is 7.91. The predicted molar refractivity (Wildman–Crippen MR) is 93.9 cm³/mol. The van der Waals surface area contributed by atoms with Gasteiger partial charge >= 0.3 is 0 Å². The van der Waals surface area contributed by atoms with Crippen molar-refractivity contribution in [1.82, 2.24) is 14.9 Å². The molecule has 122 valence electrons. The Morgan fingerprint density at radius 3 is 2.62 bits per heavy atom. The Kier molecular flexibility index (Phi) is 4.70. The van der Waals surface area contributed by atoms with E-state index >= 15 is 0 Å². The van der Waals surface area contributed by atoms with E-state index in [1.807, 2.05) is 36.4 Å². The van der Waals surface area contributed by atoms with Gasteiger partial charge in [0.25, 0.3) is 5.56 Å². The summed E-state index contributed by atoms with van der Waals surface area (Å²) in [5, 5.41) is 3.40. The molecule has 3 rings (SSSR count). The van der Waals surface area contributed by atoms with Crippen LogP contribution in [-0.2, 0) is 11.3 Å². The molecule has 0 aliphatic heterocycles. The number of para-hydroxylation sites is 1. The molecule has 3 aromatic rings. The fourth-order valence-electron chi connectivity index (χ4n) is 2.60. The van der Waals surface area contributed by atoms with Crippen LogP contribution in [0.1, 0.15) is 18.4 Å². The highest BCUT2D eigenvalue weighted by Gasteiger charge is 2.10. The number of benzene rings is 2. The van der Waals surface area contributed by atoms with Crippen molar-refractivity contribution in [3.05, 3.63) is 76.8 Å². The summed E-state index contributed by atoms with van der Waals surface area (Å²) >= 11 is 0. The van der Waals surface area contributed by atoms with E-state index in [2.05, 4.69) is 17.2 Å². The summed E-state index contributed by atoms with van der Waals surface area (Å²) in [5.74, 6) is 0.0126. The summed E-state index contributed by atoms with van der Waals surface area (Å²) in [6.45, 7) is 2.55. The Hall–Kier alpha value is -2.95. The van der Waals surface area contributed by atoms with Crippen LogP contribution in [0.2, 0.25) is 0 Å². The van der Waals surface area contributed by atoms with Gasteiger partial charge in [0.2, 0.25) is 5.91 Å². The first-order valence-corrected chi connectivity index (χ1v) is 7.91. The summed E-state index contributed by atoms with van der Waals surface area (Å²) < 4.78 is 1.34. The normalized spacial score (nSPS) is 12.0. The van der Waals surface area contributed by atoms with E-state index in [1.165, 1.54) is 16.5 Å². The van der Waals surface area contributed by atoms with Crippen LogP contribution in [0.3, 0.4) is 0 Å². The number of carbonyl (C=O) groups is 1. The molecule has 5 nitrogen and oxygen atoms in total. The largest absolute Gasteiger partial charge is 0.354 e. The molecule has 1 atom stereocenters. The lowest BCUT2D eigenvalue weighted by atomic mass is 10.0. The lowest BCUT2D eigenvalue weighted by molar-refractivity contribution is -0.121. The van der Waals surface area contributed by atoms with Gasteiger partial charge in [0.05, 0.1) is 17.2 Å². The van der Waals surface area contributed by atoms with Crippen LogP contribution in [0.4, 0.5) is 0 Å². The number of carbonyl (C=O) groups excluding carboxylic acids is 1. The lowest BCUT2D eigenvalue weighted by Crippen LogP contribution is -2.34. The first kappa shape index (κ1) is 15.9. The maximum absolute atomic E-state index is 12.4. The molecule has 1 amide bonds. The quantitative estimate of drug-likeness (QED) is 0.784. The third kappa shape index (κ3) is 3.51. The molecule has 0 spiro atoms. The van der Waals surface area contributed by atoms with Gasteiger partial charge in [0.15, 0.2) is 0 Å². The fraction of sp³-hybridized carbons (Fsp3) is 0.211. The molecule has 0 bridgehead atoms. The van der Waals surface area contributed by atoms with Gasteiger partial charge in [-0.1, -0.05) is 49.4 Å². The molecule has 5 heteroatoms. The zero-order valence-electron chi connectivity index (χ0n) is 13.5. The van der Waals surface area contributed by atoms with Gasteiger partial charge in [-0.15, -0.1) is 0 Å². The Bertz CT molecular complexity index is 903. The monoisotopic (exact) mass is 321 g/mol. The summed E-state index contributed by atoms with van der Waals surface area (Å²) in [6.07, 6.45) is 1.42. The maximum Gasteiger partial charge on any atom is 0.261 e. The number of hydrogen-bond acceptors (Lipinski definition) is 3. The molecular formula is C19H19N3O2. The van der Waals surface area contributed by atoms with Crippen molar-refractivity contribution in [3.63, 3.8) is 0 Å². The van der Waals surface area contributed by atoms with Crippen LogP contribution < -0.4 is 10.9 Å². The van der Waals surface area contributed by atoms with E-state index in [4.69, 9.17) is 0 Å². The third-order valence-corrected chi connectivity index (χ3v) is 4.02. The van der Waals surface area contributed by atoms with E-state index in [1.54, 1.807) is 18.2 Å². The van der Waals surface area contributed by atoms with Crippen molar-refractivity contribution in [2.24, 2.45) is 0 Å². The van der Waals surface area contributed by atoms with E-state index in [0.717, 1.165) is 0 Å². The number of nitrogens with zero attached hydrogens (tertiary/aromatic N) is 2. The highest BCUT2D eigenvalue weighted by atomic mass is 16.2. The van der Waals surface area contributed by atoms with Crippen LogP contribution in [0.25, 0.3) is 10.9 Å². The number of rotatable bonds is 5. The average molecular weight is 321 g/mol. The van der Waals surface area contributed by atoms with Crippen molar-refractivity contribution in [2.45, 2.75) is 19.4 Å². The molecule has 24 heavy (non-hydrogen) atoms. The van der Waals surface area contributed by atoms with E-state index in [0.29, 0.717) is 17.4 Å². The summed E-state index contributed by atoms with van der Waals surface area (Å²) in [6, 6.07) is 17.1. The number of fused-ring (bicyclic) bond motifs is 1. The van der Waals surface area contributed by atoms with Crippen LogP contribution >= 0.6 is 0 Å². The van der Waals surface area contributed by atoms with Crippen LogP contribution in [0, 0.1) is 0 Å². The van der Waals surface area contributed by atoms with Crippen molar-refractivity contribution in [2.75, 3.05) is 6.54 Å². The Morgan fingerprint density at radius 1 is 1.12 bits per heavy atom. The Balaban J connectivity index is 1.65. The van der Waals surface area contributed by atoms with Gasteiger partial charge in [-0.3, -0.25) is 14.2 Å². The number of nitrogens with one attached hydrogen (secondary N) is 1. The van der Waals surface area contributed by atoms with Crippen molar-refractivity contribution < 1.29 is 4.79 Å². The van der Waals surface area contributed by atoms with Gasteiger partial charge in [0, 0.05) is 6.54 Å². The molecule has 0 saturated heterocycles. The molecule has 1 unspecified atom stereocenters. The van der Waals surface area contributed by atoms with Crippen molar-refractivity contribution in [1.29, 1.82) is 0 Å². The van der Waals surface area contributed by atoms with E-state index < -0.39 is 0 Å². The zero-order valence-corrected chi connectivity index (χ0v) is 13.5. The highest BCUT2D eigenvalue weighted by molar-refractivity contribution is 5.78. The summed E-state index contributed by atoms with van der Waals surface area (Å²) in [7, 11) is 0. The van der Waals surface area contributed by atoms with E-state index in [-0.39, 0.29) is 23.9 Å². The van der Waals surface area contributed by atoms with Gasteiger partial charge in [-0.2, -0.15) is 0 Å². The van der Waals surface area contributed by atoms with E-state index in [9.17, 15) is 9.59 Å². The summed E-state index contributed by atoms with van der Waals surface area (Å²) in [4.78, 5) is 28.7. The van der Waals surface area contributed by atoms with Gasteiger partial charge in [0.1, 0.15) is 6.54 Å². The second kappa shape index (κ2) is 7.08. The molecule has 0 saturated carbocycles. The van der Waals surface area contributed by atoms with Crippen LogP contribution in [0.15, 0.2) is 65.7 Å². The van der Waals surface area contributed by atoms with Gasteiger partial charge in [-0.05, 0) is 23.6 Å². The molecule has 0 radical (unpaired) electrons. The number of amides is 1. The van der Waals surface area contributed by atoms with Crippen LogP contribution in [-0.4, -0.2) is 22.0 Å². The topological polar surface area (TPSA) is 64.0 Å². The average Bonchev–Trinajstić information content (AvgIpc) is 2.63. The van der Waals surface area contributed by atoms with Gasteiger partial charge in [-0.25, -0.2) is 4.98 Å². The third-order valence-electron chi connectivity index (χ3n) is 4.02. The Labute approximate surface area is 140 Å². The molecule has 2 aromatic carbocycles. The Morgan fingerprint density at radius 2 is 1.83 bits per heavy atom. The smallest absolute Gasteiger partial charge is 0.261 e. The fourth-order valence-corrected chi connectivity index (χ4v) is 2.60. The molecule has 0 fully saturated rings. The van der Waals surface area contributed by atoms with Crippen LogP contribution in [0.5, 0.6) is 0 Å². The molecule has 1 heterocycles. The molecule has 1 N–H and O–H groups in total. The highest BCUT2D eigenvalue weighted by Crippen LogP contribution is 2.12. The number of aromatic nitrogens is 2. The lowest BCUT2D eigenvalue weighted by Gasteiger charge is -2.13. The minimum absolute atomic E-state index is 0.0296. The minimum Gasteiger partial charge on any atom is -0.354 e. The second-order valence-electron chi connectivity index (χ2n) is 5.81. The predicted octanol–water partition coefficient (Wildman–Crippen LogP) is 2.32. The standard InChI is InChI=1S/C19H19N3O2/c1-14(15-7-3-2-4-8-15)11-20-18(23)12-22-13-21-17-10-6-5-9-16(17)19(22)24/h2-10,13-14H,11-12H2,1H3,(H,20,23). The molecule has 1 aromatic heterocycles. The molecule has 0 aliphatic rings. The van der Waals surface area contributed by atoms with Gasteiger partial charge < -0.3 is 5.32 Å². The minimum atomic E-state index is -0.202. The first-order chi connectivity index (χ1) is 11.6. The van der Waals surface area contributed by atoms with Crippen molar-refractivity contribution >= 4 is 16.8 Å². The second-order valence-corrected chi connectivity index (χ2v) is 5.81. The molecular weight excluding hydrogens is 302 g/mol. The maximum atomic E-state index is 12.4. The van der Waals surface area contributed by atoms with Crippen molar-refractivity contribution in [3.8, 4) is 0 Å². The summed E-state index contributed by atoms with van der Waals surface area (Å²) in [5.41, 5.74) is 1.60. The molecule has 0 aliphatic carbocycles.